The second kappa shape index (κ2) is 5.26. The summed E-state index contributed by atoms with van der Waals surface area (Å²) >= 11 is 8.95. The zero-order valence-electron chi connectivity index (χ0n) is 7.06. The van der Waals surface area contributed by atoms with Crippen LogP contribution in [0.4, 0.5) is 0 Å². The first-order valence-electron chi connectivity index (χ1n) is 4.02. The predicted octanol–water partition coefficient (Wildman–Crippen LogP) is 3.49. The molecule has 0 bridgehead atoms. The van der Waals surface area contributed by atoms with Gasteiger partial charge in [-0.2, -0.15) is 5.26 Å². The van der Waals surface area contributed by atoms with E-state index in [0.717, 1.165) is 22.9 Å². The van der Waals surface area contributed by atoms with E-state index in [4.69, 9.17) is 16.9 Å². The first-order valence-corrected chi connectivity index (χ1v) is 5.34. The molecule has 0 atom stereocenters. The Labute approximate surface area is 91.5 Å². The second-order valence-electron chi connectivity index (χ2n) is 2.75. The lowest BCUT2D eigenvalue weighted by Gasteiger charge is -2.00. The van der Waals surface area contributed by atoms with Crippen LogP contribution in [0.1, 0.15) is 17.5 Å². The van der Waals surface area contributed by atoms with Gasteiger partial charge in [0.05, 0.1) is 11.6 Å². The number of hydrogen-bond donors (Lipinski definition) is 0. The van der Waals surface area contributed by atoms with E-state index < -0.39 is 0 Å². The number of alkyl halides is 1. The van der Waals surface area contributed by atoms with E-state index in [1.165, 1.54) is 0 Å². The van der Waals surface area contributed by atoms with E-state index in [0.29, 0.717) is 11.4 Å². The Balaban J connectivity index is 2.83. The van der Waals surface area contributed by atoms with Gasteiger partial charge in [-0.05, 0) is 36.6 Å². The molecule has 3 heteroatoms. The Morgan fingerprint density at radius 2 is 2.15 bits per heavy atom. The molecule has 1 nitrogen and oxygen atoms in total. The molecule has 1 aromatic rings. The molecule has 0 amide bonds. The van der Waals surface area contributed by atoms with Crippen LogP contribution in [0.2, 0.25) is 0 Å². The van der Waals surface area contributed by atoms with E-state index >= 15 is 0 Å². The van der Waals surface area contributed by atoms with E-state index in [2.05, 4.69) is 22.0 Å². The molecule has 0 saturated carbocycles. The maximum absolute atomic E-state index is 8.72. The highest BCUT2D eigenvalue weighted by Crippen LogP contribution is 2.16. The molecule has 0 aromatic heterocycles. The summed E-state index contributed by atoms with van der Waals surface area (Å²) in [6.07, 6.45) is 1.88. The highest BCUT2D eigenvalue weighted by Gasteiger charge is 1.98. The molecule has 0 aliphatic carbocycles. The van der Waals surface area contributed by atoms with Gasteiger partial charge >= 0.3 is 0 Å². The third kappa shape index (κ3) is 3.38. The van der Waals surface area contributed by atoms with Crippen molar-refractivity contribution in [3.8, 4) is 6.07 Å². The van der Waals surface area contributed by atoms with Gasteiger partial charge < -0.3 is 0 Å². The van der Waals surface area contributed by atoms with Crippen molar-refractivity contribution in [3.05, 3.63) is 33.8 Å². The summed E-state index contributed by atoms with van der Waals surface area (Å²) in [5.74, 6) is 0.661. The molecule has 0 unspecified atom stereocenters. The van der Waals surface area contributed by atoms with Crippen LogP contribution in [0.5, 0.6) is 0 Å². The Morgan fingerprint density at radius 1 is 1.38 bits per heavy atom. The van der Waals surface area contributed by atoms with E-state index in [-0.39, 0.29) is 0 Å². The molecule has 68 valence electrons. The van der Waals surface area contributed by atoms with Crippen LogP contribution in [0.3, 0.4) is 0 Å². The number of halogens is 2. The van der Waals surface area contributed by atoms with Crippen LogP contribution >= 0.6 is 27.5 Å². The van der Waals surface area contributed by atoms with Gasteiger partial charge in [0.1, 0.15) is 0 Å². The molecule has 0 heterocycles. The molecule has 0 aliphatic rings. The Bertz CT molecular complexity index is 330. The summed E-state index contributed by atoms with van der Waals surface area (Å²) in [5, 5.41) is 8.72. The average Bonchev–Trinajstić information content (AvgIpc) is 2.14. The normalized spacial score (nSPS) is 9.62. The molecule has 0 N–H and O–H groups in total. The monoisotopic (exact) mass is 257 g/mol. The van der Waals surface area contributed by atoms with E-state index in [1.807, 2.05) is 18.2 Å². The maximum atomic E-state index is 8.72. The van der Waals surface area contributed by atoms with E-state index in [1.54, 1.807) is 0 Å². The molecule has 1 rings (SSSR count). The quantitative estimate of drug-likeness (QED) is 0.761. The van der Waals surface area contributed by atoms with Gasteiger partial charge in [0, 0.05) is 10.4 Å². The average molecular weight is 259 g/mol. The Kier molecular flexibility index (Phi) is 4.27. The molecule has 0 saturated heterocycles. The predicted molar refractivity (Wildman–Crippen MR) is 57.9 cm³/mol. The second-order valence-corrected chi connectivity index (χ2v) is 4.05. The Hall–Kier alpha value is -0.520. The van der Waals surface area contributed by atoms with Gasteiger partial charge in [0.25, 0.3) is 0 Å². The SMILES string of the molecule is N#Cc1cc(Br)cc(CCCCl)c1. The van der Waals surface area contributed by atoms with Crippen molar-refractivity contribution in [1.29, 1.82) is 5.26 Å². The summed E-state index contributed by atoms with van der Waals surface area (Å²) in [4.78, 5) is 0. The molecular formula is C10H9BrClN. The summed E-state index contributed by atoms with van der Waals surface area (Å²) in [6.45, 7) is 0. The van der Waals surface area contributed by atoms with E-state index in [9.17, 15) is 0 Å². The van der Waals surface area contributed by atoms with Crippen LogP contribution in [-0.2, 0) is 6.42 Å². The zero-order valence-corrected chi connectivity index (χ0v) is 9.40. The lowest BCUT2D eigenvalue weighted by Crippen LogP contribution is -1.88. The van der Waals surface area contributed by atoms with Crippen LogP contribution in [0, 0.1) is 11.3 Å². The summed E-state index contributed by atoms with van der Waals surface area (Å²) in [5.41, 5.74) is 1.85. The minimum Gasteiger partial charge on any atom is -0.192 e. The lowest BCUT2D eigenvalue weighted by molar-refractivity contribution is 0.927. The number of hydrogen-bond acceptors (Lipinski definition) is 1. The molecule has 13 heavy (non-hydrogen) atoms. The maximum Gasteiger partial charge on any atom is 0.0992 e. The molecule has 1 aromatic carbocycles. The minimum absolute atomic E-state index is 0.661. The lowest BCUT2D eigenvalue weighted by atomic mass is 10.1. The molecule has 0 fully saturated rings. The summed E-state index contributed by atoms with van der Waals surface area (Å²) in [7, 11) is 0. The van der Waals surface area contributed by atoms with Crippen LogP contribution in [0.15, 0.2) is 22.7 Å². The van der Waals surface area contributed by atoms with Crippen LogP contribution in [0.25, 0.3) is 0 Å². The van der Waals surface area contributed by atoms with Crippen molar-refractivity contribution < 1.29 is 0 Å². The van der Waals surface area contributed by atoms with Crippen molar-refractivity contribution in [1.82, 2.24) is 0 Å². The number of rotatable bonds is 3. The fraction of sp³-hybridized carbons (Fsp3) is 0.300. The van der Waals surface area contributed by atoms with Gasteiger partial charge in [-0.3, -0.25) is 0 Å². The zero-order chi connectivity index (χ0) is 9.68. The fourth-order valence-electron chi connectivity index (χ4n) is 1.13. The van der Waals surface area contributed by atoms with Crippen molar-refractivity contribution in [2.45, 2.75) is 12.8 Å². The molecule has 0 spiro atoms. The van der Waals surface area contributed by atoms with Gasteiger partial charge in [-0.25, -0.2) is 0 Å². The molecular weight excluding hydrogens is 249 g/mol. The standard InChI is InChI=1S/C10H9BrClN/c11-10-5-8(2-1-3-12)4-9(6-10)7-13/h4-6H,1-3H2. The van der Waals surface area contributed by atoms with Gasteiger partial charge in [0.15, 0.2) is 0 Å². The highest BCUT2D eigenvalue weighted by molar-refractivity contribution is 9.10. The third-order valence-electron chi connectivity index (χ3n) is 1.69. The van der Waals surface area contributed by atoms with Gasteiger partial charge in [-0.1, -0.05) is 15.9 Å². The van der Waals surface area contributed by atoms with Crippen molar-refractivity contribution in [3.63, 3.8) is 0 Å². The smallest absolute Gasteiger partial charge is 0.0992 e. The number of nitrogens with zero attached hydrogens (tertiary/aromatic N) is 1. The van der Waals surface area contributed by atoms with Crippen molar-refractivity contribution in [2.24, 2.45) is 0 Å². The Morgan fingerprint density at radius 3 is 2.77 bits per heavy atom. The molecule has 0 radical (unpaired) electrons. The topological polar surface area (TPSA) is 23.8 Å². The van der Waals surface area contributed by atoms with Crippen LogP contribution in [-0.4, -0.2) is 5.88 Å². The summed E-state index contributed by atoms with van der Waals surface area (Å²) < 4.78 is 0.955. The number of nitriles is 1. The fourth-order valence-corrected chi connectivity index (χ4v) is 1.80. The van der Waals surface area contributed by atoms with Crippen molar-refractivity contribution in [2.75, 3.05) is 5.88 Å². The molecule has 0 aliphatic heterocycles. The first kappa shape index (κ1) is 10.6. The van der Waals surface area contributed by atoms with Crippen molar-refractivity contribution >= 4 is 27.5 Å². The van der Waals surface area contributed by atoms with Gasteiger partial charge in [-0.15, -0.1) is 11.6 Å². The first-order chi connectivity index (χ1) is 6.26. The largest absolute Gasteiger partial charge is 0.192 e. The minimum atomic E-state index is 0.661. The number of aryl methyl sites for hydroxylation is 1. The summed E-state index contributed by atoms with van der Waals surface area (Å²) in [6, 6.07) is 7.85. The number of benzene rings is 1. The third-order valence-corrected chi connectivity index (χ3v) is 2.41. The van der Waals surface area contributed by atoms with Crippen LogP contribution < -0.4 is 0 Å². The highest BCUT2D eigenvalue weighted by atomic mass is 79.9. The van der Waals surface area contributed by atoms with Gasteiger partial charge in [0.2, 0.25) is 0 Å².